The van der Waals surface area contributed by atoms with Crippen LogP contribution in [0.5, 0.6) is 0 Å². The molecule has 74 valence electrons. The van der Waals surface area contributed by atoms with Crippen LogP contribution < -0.4 is 0 Å². The monoisotopic (exact) mass is 183 g/mol. The highest BCUT2D eigenvalue weighted by Gasteiger charge is 2.49. The number of nitrogens with zero attached hydrogens (tertiary/aromatic N) is 1. The van der Waals surface area contributed by atoms with Crippen molar-refractivity contribution in [3.63, 3.8) is 0 Å². The zero-order valence-electron chi connectivity index (χ0n) is 8.59. The van der Waals surface area contributed by atoms with Crippen molar-refractivity contribution in [2.75, 3.05) is 19.8 Å². The lowest BCUT2D eigenvalue weighted by atomic mass is 9.81. The van der Waals surface area contributed by atoms with Crippen molar-refractivity contribution in [2.45, 2.75) is 32.7 Å². The molecule has 2 heterocycles. The smallest absolute Gasteiger partial charge is 0.233 e. The topological polar surface area (TPSA) is 29.5 Å². The summed E-state index contributed by atoms with van der Waals surface area (Å²) in [5.41, 5.74) is -0.145. The molecule has 0 aliphatic carbocycles. The Kier molecular flexibility index (Phi) is 1.71. The van der Waals surface area contributed by atoms with Gasteiger partial charge in [-0.3, -0.25) is 4.79 Å². The van der Waals surface area contributed by atoms with E-state index in [0.717, 1.165) is 13.0 Å². The molecule has 13 heavy (non-hydrogen) atoms. The van der Waals surface area contributed by atoms with Crippen LogP contribution in [0.3, 0.4) is 0 Å². The third-order valence-corrected chi connectivity index (χ3v) is 3.28. The normalized spacial score (nSPS) is 29.0. The molecule has 3 nitrogen and oxygen atoms in total. The summed E-state index contributed by atoms with van der Waals surface area (Å²) in [5, 5.41) is 0. The second-order valence-electron chi connectivity index (χ2n) is 5.07. The van der Waals surface area contributed by atoms with E-state index in [-0.39, 0.29) is 16.9 Å². The molecule has 2 aliphatic rings. The van der Waals surface area contributed by atoms with Crippen LogP contribution >= 0.6 is 0 Å². The summed E-state index contributed by atoms with van der Waals surface area (Å²) in [7, 11) is 0. The number of likely N-dealkylation sites (tertiary alicyclic amines) is 1. The summed E-state index contributed by atoms with van der Waals surface area (Å²) < 4.78 is 5.10. The molecule has 2 fully saturated rings. The number of amides is 1. The molecule has 0 saturated carbocycles. The molecular weight excluding hydrogens is 166 g/mol. The number of hydrogen-bond acceptors (Lipinski definition) is 2. The van der Waals surface area contributed by atoms with Crippen LogP contribution in [0.4, 0.5) is 0 Å². The fraction of sp³-hybridized carbons (Fsp3) is 0.900. The van der Waals surface area contributed by atoms with Crippen molar-refractivity contribution in [1.29, 1.82) is 0 Å². The Balaban J connectivity index is 2.05. The molecule has 0 N–H and O–H groups in total. The highest BCUT2D eigenvalue weighted by atomic mass is 16.5. The molecule has 3 heteroatoms. The first-order valence-corrected chi connectivity index (χ1v) is 4.86. The Morgan fingerprint density at radius 1 is 1.31 bits per heavy atom. The quantitative estimate of drug-likeness (QED) is 0.607. The fourth-order valence-electron chi connectivity index (χ4n) is 1.90. The van der Waals surface area contributed by atoms with Crippen LogP contribution in [-0.2, 0) is 9.53 Å². The number of ether oxygens (including phenoxy) is 1. The minimum Gasteiger partial charge on any atom is -0.379 e. The summed E-state index contributed by atoms with van der Waals surface area (Å²) >= 11 is 0. The molecular formula is C10H17NO2. The van der Waals surface area contributed by atoms with E-state index < -0.39 is 0 Å². The molecule has 0 aromatic heterocycles. The maximum atomic E-state index is 12.0. The Morgan fingerprint density at radius 3 is 2.15 bits per heavy atom. The van der Waals surface area contributed by atoms with Crippen molar-refractivity contribution in [2.24, 2.45) is 5.41 Å². The van der Waals surface area contributed by atoms with Gasteiger partial charge in [0, 0.05) is 12.1 Å². The first-order chi connectivity index (χ1) is 5.96. The molecule has 0 atom stereocenters. The predicted octanol–water partition coefficient (Wildman–Crippen LogP) is 1.03. The van der Waals surface area contributed by atoms with Gasteiger partial charge >= 0.3 is 0 Å². The van der Waals surface area contributed by atoms with E-state index in [0.29, 0.717) is 13.2 Å². The highest BCUT2D eigenvalue weighted by Crippen LogP contribution is 2.37. The Bertz CT molecular complexity index is 243. The lowest BCUT2D eigenvalue weighted by Crippen LogP contribution is -2.65. The summed E-state index contributed by atoms with van der Waals surface area (Å²) in [6.45, 7) is 8.35. The van der Waals surface area contributed by atoms with Crippen LogP contribution in [0.25, 0.3) is 0 Å². The third-order valence-electron chi connectivity index (χ3n) is 3.28. The lowest BCUT2D eigenvalue weighted by molar-refractivity contribution is -0.181. The van der Waals surface area contributed by atoms with E-state index >= 15 is 0 Å². The highest BCUT2D eigenvalue weighted by molar-refractivity contribution is 5.84. The molecule has 0 radical (unpaired) electrons. The van der Waals surface area contributed by atoms with Crippen LogP contribution in [0.1, 0.15) is 27.2 Å². The number of carbonyl (C=O) groups excluding carboxylic acids is 1. The van der Waals surface area contributed by atoms with Crippen LogP contribution in [0.15, 0.2) is 0 Å². The number of carbonyl (C=O) groups is 1. The summed E-state index contributed by atoms with van der Waals surface area (Å²) in [6, 6.07) is 0. The van der Waals surface area contributed by atoms with Gasteiger partial charge in [0.1, 0.15) is 0 Å². The molecule has 0 bridgehead atoms. The zero-order chi connectivity index (χ0) is 9.69. The average Bonchev–Trinajstić information content (AvgIpc) is 1.98. The van der Waals surface area contributed by atoms with E-state index in [1.165, 1.54) is 0 Å². The summed E-state index contributed by atoms with van der Waals surface area (Å²) in [5.74, 6) is 0.273. The maximum absolute atomic E-state index is 12.0. The van der Waals surface area contributed by atoms with Gasteiger partial charge in [-0.05, 0) is 27.2 Å². The van der Waals surface area contributed by atoms with Gasteiger partial charge in [0.2, 0.25) is 5.91 Å². The van der Waals surface area contributed by atoms with Gasteiger partial charge in [0.25, 0.3) is 0 Å². The van der Waals surface area contributed by atoms with Gasteiger partial charge in [-0.15, -0.1) is 0 Å². The molecule has 2 saturated heterocycles. The third kappa shape index (κ3) is 1.17. The van der Waals surface area contributed by atoms with Gasteiger partial charge in [0.05, 0.1) is 18.6 Å². The summed E-state index contributed by atoms with van der Waals surface area (Å²) in [4.78, 5) is 14.0. The van der Waals surface area contributed by atoms with Crippen molar-refractivity contribution in [3.8, 4) is 0 Å². The van der Waals surface area contributed by atoms with E-state index in [2.05, 4.69) is 13.8 Å². The molecule has 2 rings (SSSR count). The van der Waals surface area contributed by atoms with E-state index in [4.69, 9.17) is 4.74 Å². The van der Waals surface area contributed by atoms with E-state index in [1.54, 1.807) is 0 Å². The second-order valence-corrected chi connectivity index (χ2v) is 5.07. The van der Waals surface area contributed by atoms with Gasteiger partial charge in [-0.1, -0.05) is 0 Å². The van der Waals surface area contributed by atoms with Gasteiger partial charge in [0.15, 0.2) is 0 Å². The molecule has 2 aliphatic heterocycles. The Labute approximate surface area is 79.0 Å². The fourth-order valence-corrected chi connectivity index (χ4v) is 1.90. The zero-order valence-corrected chi connectivity index (χ0v) is 8.59. The molecule has 0 unspecified atom stereocenters. The number of hydrogen-bond donors (Lipinski definition) is 0. The Morgan fingerprint density at radius 2 is 1.92 bits per heavy atom. The van der Waals surface area contributed by atoms with Gasteiger partial charge in [-0.2, -0.15) is 0 Å². The Hall–Kier alpha value is -0.570. The lowest BCUT2D eigenvalue weighted by Gasteiger charge is -2.53. The van der Waals surface area contributed by atoms with E-state index in [1.807, 2.05) is 11.8 Å². The average molecular weight is 183 g/mol. The van der Waals surface area contributed by atoms with Crippen LogP contribution in [0.2, 0.25) is 0 Å². The number of rotatable bonds is 1. The maximum Gasteiger partial charge on any atom is 0.233 e. The van der Waals surface area contributed by atoms with E-state index in [9.17, 15) is 4.79 Å². The van der Waals surface area contributed by atoms with Crippen LogP contribution in [-0.4, -0.2) is 36.1 Å². The van der Waals surface area contributed by atoms with Crippen molar-refractivity contribution in [3.05, 3.63) is 0 Å². The molecule has 0 aromatic rings. The van der Waals surface area contributed by atoms with Gasteiger partial charge in [-0.25, -0.2) is 0 Å². The molecule has 1 amide bonds. The molecule has 0 spiro atoms. The van der Waals surface area contributed by atoms with Crippen molar-refractivity contribution in [1.82, 2.24) is 4.90 Å². The largest absolute Gasteiger partial charge is 0.379 e. The van der Waals surface area contributed by atoms with Gasteiger partial charge < -0.3 is 9.64 Å². The first-order valence-electron chi connectivity index (χ1n) is 4.86. The second kappa shape index (κ2) is 2.47. The minimum absolute atomic E-state index is 0.0791. The predicted molar refractivity (Wildman–Crippen MR) is 49.3 cm³/mol. The SMILES string of the molecule is CC1(C(=O)N2CCC2(C)C)COC1. The van der Waals surface area contributed by atoms with Crippen molar-refractivity contribution >= 4 is 5.91 Å². The van der Waals surface area contributed by atoms with Crippen LogP contribution in [0, 0.1) is 5.41 Å². The first kappa shape index (κ1) is 9.00. The van der Waals surface area contributed by atoms with Crippen molar-refractivity contribution < 1.29 is 9.53 Å². The standard InChI is InChI=1S/C10H17NO2/c1-9(2)4-5-11(9)8(12)10(3)6-13-7-10/h4-7H2,1-3H3. The summed E-state index contributed by atoms with van der Waals surface area (Å²) in [6.07, 6.45) is 1.12. The molecule has 0 aromatic carbocycles. The minimum atomic E-state index is -0.225.